The molecule has 94 valence electrons. The molecule has 1 saturated heterocycles. The van der Waals surface area contributed by atoms with Crippen molar-refractivity contribution >= 4 is 5.97 Å². The maximum Gasteiger partial charge on any atom is 0.320 e. The predicted molar refractivity (Wildman–Crippen MR) is 64.6 cm³/mol. The number of nitrogens with one attached hydrogen (secondary N) is 1. The van der Waals surface area contributed by atoms with Gasteiger partial charge < -0.3 is 10.4 Å². The van der Waals surface area contributed by atoms with Crippen molar-refractivity contribution in [3.8, 4) is 0 Å². The highest BCUT2D eigenvalue weighted by Gasteiger charge is 2.32. The van der Waals surface area contributed by atoms with Gasteiger partial charge in [-0.3, -0.25) is 9.69 Å². The van der Waals surface area contributed by atoms with Gasteiger partial charge in [0.05, 0.1) is 0 Å². The first-order valence-corrected chi connectivity index (χ1v) is 6.18. The van der Waals surface area contributed by atoms with Crippen molar-refractivity contribution in [3.05, 3.63) is 0 Å². The van der Waals surface area contributed by atoms with E-state index < -0.39 is 12.0 Å². The predicted octanol–water partition coefficient (Wildman–Crippen LogP) is 1.31. The van der Waals surface area contributed by atoms with E-state index in [2.05, 4.69) is 24.1 Å². The number of hydrogen-bond acceptors (Lipinski definition) is 3. The molecule has 1 atom stereocenters. The summed E-state index contributed by atoms with van der Waals surface area (Å²) in [5.74, 6) is -0.737. The van der Waals surface area contributed by atoms with Crippen molar-refractivity contribution < 1.29 is 9.90 Å². The van der Waals surface area contributed by atoms with Crippen LogP contribution in [0.4, 0.5) is 0 Å². The van der Waals surface area contributed by atoms with Crippen LogP contribution in [0.15, 0.2) is 0 Å². The summed E-state index contributed by atoms with van der Waals surface area (Å²) in [7, 11) is 0. The Hall–Kier alpha value is -0.610. The summed E-state index contributed by atoms with van der Waals surface area (Å²) in [4.78, 5) is 13.4. The molecule has 1 fully saturated rings. The van der Waals surface area contributed by atoms with E-state index in [1.54, 1.807) is 0 Å². The van der Waals surface area contributed by atoms with Crippen LogP contribution in [0, 0.1) is 0 Å². The number of hydrogen-bond donors (Lipinski definition) is 2. The summed E-state index contributed by atoms with van der Waals surface area (Å²) < 4.78 is 0. The third-order valence-corrected chi connectivity index (χ3v) is 3.51. The standard InChI is InChI=1S/C12H24N2O2/c1-4-13-10(11(15)16)6-9-14-8-5-7-12(14,2)3/h10,13H,4-9H2,1-3H3,(H,15,16). The molecule has 1 heterocycles. The van der Waals surface area contributed by atoms with E-state index in [4.69, 9.17) is 5.11 Å². The van der Waals surface area contributed by atoms with Gasteiger partial charge in [-0.2, -0.15) is 0 Å². The summed E-state index contributed by atoms with van der Waals surface area (Å²) >= 11 is 0. The van der Waals surface area contributed by atoms with E-state index in [9.17, 15) is 4.79 Å². The van der Waals surface area contributed by atoms with E-state index in [0.29, 0.717) is 13.0 Å². The highest BCUT2D eigenvalue weighted by atomic mass is 16.4. The van der Waals surface area contributed by atoms with Gasteiger partial charge in [0.25, 0.3) is 0 Å². The molecular weight excluding hydrogens is 204 g/mol. The summed E-state index contributed by atoms with van der Waals surface area (Å²) in [5, 5.41) is 12.0. The first kappa shape index (κ1) is 13.5. The molecule has 1 aliphatic heterocycles. The number of nitrogens with zero attached hydrogens (tertiary/aromatic N) is 1. The van der Waals surface area contributed by atoms with Crippen molar-refractivity contribution in [2.24, 2.45) is 0 Å². The molecule has 0 amide bonds. The van der Waals surface area contributed by atoms with Crippen LogP contribution in [0.25, 0.3) is 0 Å². The van der Waals surface area contributed by atoms with E-state index in [0.717, 1.165) is 13.1 Å². The van der Waals surface area contributed by atoms with E-state index >= 15 is 0 Å². The van der Waals surface area contributed by atoms with Gasteiger partial charge in [0, 0.05) is 12.1 Å². The molecule has 1 unspecified atom stereocenters. The van der Waals surface area contributed by atoms with Gasteiger partial charge in [-0.15, -0.1) is 0 Å². The van der Waals surface area contributed by atoms with Crippen LogP contribution in [-0.4, -0.2) is 47.2 Å². The van der Waals surface area contributed by atoms with E-state index in [-0.39, 0.29) is 5.54 Å². The minimum Gasteiger partial charge on any atom is -0.480 e. The maximum atomic E-state index is 11.0. The first-order chi connectivity index (χ1) is 7.47. The molecule has 0 aromatic carbocycles. The summed E-state index contributed by atoms with van der Waals surface area (Å²) in [6.45, 7) is 9.10. The Morgan fingerprint density at radius 2 is 2.25 bits per heavy atom. The molecule has 1 rings (SSSR count). The smallest absolute Gasteiger partial charge is 0.320 e. The molecule has 0 saturated carbocycles. The lowest BCUT2D eigenvalue weighted by Crippen LogP contribution is -2.43. The van der Waals surface area contributed by atoms with Crippen LogP contribution in [0.5, 0.6) is 0 Å². The lowest BCUT2D eigenvalue weighted by molar-refractivity contribution is -0.139. The molecule has 4 heteroatoms. The number of likely N-dealkylation sites (N-methyl/N-ethyl adjacent to an activating group) is 1. The Bertz CT molecular complexity index is 241. The van der Waals surface area contributed by atoms with Gasteiger partial charge in [0.1, 0.15) is 6.04 Å². The summed E-state index contributed by atoms with van der Waals surface area (Å²) in [6.07, 6.45) is 3.13. The quantitative estimate of drug-likeness (QED) is 0.720. The highest BCUT2D eigenvalue weighted by Crippen LogP contribution is 2.28. The zero-order chi connectivity index (χ0) is 12.2. The van der Waals surface area contributed by atoms with Crippen molar-refractivity contribution in [2.75, 3.05) is 19.6 Å². The monoisotopic (exact) mass is 228 g/mol. The lowest BCUT2D eigenvalue weighted by atomic mass is 10.0. The molecule has 16 heavy (non-hydrogen) atoms. The Morgan fingerprint density at radius 1 is 1.56 bits per heavy atom. The Morgan fingerprint density at radius 3 is 2.69 bits per heavy atom. The minimum absolute atomic E-state index is 0.245. The zero-order valence-electron chi connectivity index (χ0n) is 10.6. The average molecular weight is 228 g/mol. The Kier molecular flexibility index (Phi) is 4.74. The number of carboxylic acid groups (broad SMARTS) is 1. The number of likely N-dealkylation sites (tertiary alicyclic amines) is 1. The van der Waals surface area contributed by atoms with Gasteiger partial charge in [0.2, 0.25) is 0 Å². The normalized spacial score (nSPS) is 22.2. The Balaban J connectivity index is 2.40. The number of rotatable bonds is 6. The fourth-order valence-electron chi connectivity index (χ4n) is 2.42. The van der Waals surface area contributed by atoms with E-state index in [1.165, 1.54) is 12.8 Å². The van der Waals surface area contributed by atoms with Gasteiger partial charge in [-0.05, 0) is 46.2 Å². The molecule has 1 aliphatic rings. The van der Waals surface area contributed by atoms with Crippen LogP contribution >= 0.6 is 0 Å². The van der Waals surface area contributed by atoms with Crippen LogP contribution in [-0.2, 0) is 4.79 Å². The lowest BCUT2D eigenvalue weighted by Gasteiger charge is -2.32. The molecule has 0 aliphatic carbocycles. The SMILES string of the molecule is CCNC(CCN1CCCC1(C)C)C(=O)O. The van der Waals surface area contributed by atoms with Crippen molar-refractivity contribution in [2.45, 2.75) is 51.6 Å². The van der Waals surface area contributed by atoms with Crippen molar-refractivity contribution in [3.63, 3.8) is 0 Å². The molecule has 2 N–H and O–H groups in total. The van der Waals surface area contributed by atoms with Gasteiger partial charge in [0.15, 0.2) is 0 Å². The fraction of sp³-hybridized carbons (Fsp3) is 0.917. The van der Waals surface area contributed by atoms with Crippen LogP contribution in [0.3, 0.4) is 0 Å². The average Bonchev–Trinajstić information content (AvgIpc) is 2.52. The maximum absolute atomic E-state index is 11.0. The second-order valence-electron chi connectivity index (χ2n) is 5.14. The largest absolute Gasteiger partial charge is 0.480 e. The molecule has 0 aromatic heterocycles. The van der Waals surface area contributed by atoms with Crippen molar-refractivity contribution in [1.82, 2.24) is 10.2 Å². The van der Waals surface area contributed by atoms with Crippen LogP contribution in [0.1, 0.15) is 40.0 Å². The first-order valence-electron chi connectivity index (χ1n) is 6.18. The third-order valence-electron chi connectivity index (χ3n) is 3.51. The topological polar surface area (TPSA) is 52.6 Å². The van der Waals surface area contributed by atoms with Crippen LogP contribution < -0.4 is 5.32 Å². The molecule has 4 nitrogen and oxygen atoms in total. The summed E-state index contributed by atoms with van der Waals surface area (Å²) in [6, 6.07) is -0.401. The molecule has 0 spiro atoms. The Labute approximate surface area is 98.0 Å². The molecule has 0 aromatic rings. The molecule has 0 bridgehead atoms. The minimum atomic E-state index is -0.737. The fourth-order valence-corrected chi connectivity index (χ4v) is 2.42. The van der Waals surface area contributed by atoms with Gasteiger partial charge in [-0.1, -0.05) is 6.92 Å². The van der Waals surface area contributed by atoms with Gasteiger partial charge in [-0.25, -0.2) is 0 Å². The molecule has 0 radical (unpaired) electrons. The number of carbonyl (C=O) groups is 1. The van der Waals surface area contributed by atoms with Crippen molar-refractivity contribution in [1.29, 1.82) is 0 Å². The van der Waals surface area contributed by atoms with Crippen LogP contribution in [0.2, 0.25) is 0 Å². The number of aliphatic carboxylic acids is 1. The number of carboxylic acids is 1. The highest BCUT2D eigenvalue weighted by molar-refractivity contribution is 5.73. The second kappa shape index (κ2) is 5.64. The zero-order valence-corrected chi connectivity index (χ0v) is 10.6. The van der Waals surface area contributed by atoms with Gasteiger partial charge >= 0.3 is 5.97 Å². The van der Waals surface area contributed by atoms with E-state index in [1.807, 2.05) is 6.92 Å². The molecular formula is C12H24N2O2. The third kappa shape index (κ3) is 3.46. The summed E-state index contributed by atoms with van der Waals surface area (Å²) in [5.41, 5.74) is 0.245. The second-order valence-corrected chi connectivity index (χ2v) is 5.14.